The monoisotopic (exact) mass is 191 g/mol. The van der Waals surface area contributed by atoms with E-state index in [1.54, 1.807) is 0 Å². The van der Waals surface area contributed by atoms with Crippen LogP contribution in [0.1, 0.15) is 10.9 Å². The number of thioether (sulfide) groups is 1. The molecule has 0 bridgehead atoms. The maximum Gasteiger partial charge on any atom is 0.139 e. The molecule has 0 saturated carbocycles. The lowest BCUT2D eigenvalue weighted by Gasteiger charge is -2.18. The fourth-order valence-electron chi connectivity index (χ4n) is 1.63. The van der Waals surface area contributed by atoms with Crippen LogP contribution in [0.4, 0.5) is 0 Å². The van der Waals surface area contributed by atoms with Gasteiger partial charge in [0.05, 0.1) is 5.37 Å². The van der Waals surface area contributed by atoms with Crippen LogP contribution < -0.4 is 5.46 Å². The fraction of sp³-hybridized carbons (Fsp3) is 0.400. The zero-order valence-corrected chi connectivity index (χ0v) is 8.97. The van der Waals surface area contributed by atoms with Crippen molar-refractivity contribution in [2.45, 2.75) is 5.37 Å². The SMILES string of the molecule is Bc1ccc(C2SCCN2C)cc1. The lowest BCUT2D eigenvalue weighted by molar-refractivity contribution is 0.358. The van der Waals surface area contributed by atoms with E-state index < -0.39 is 0 Å². The van der Waals surface area contributed by atoms with E-state index in [4.69, 9.17) is 0 Å². The van der Waals surface area contributed by atoms with Gasteiger partial charge in [-0.25, -0.2) is 0 Å². The van der Waals surface area contributed by atoms with Crippen molar-refractivity contribution < 1.29 is 0 Å². The predicted molar refractivity (Wildman–Crippen MR) is 62.4 cm³/mol. The standard InChI is InChI=1S/C10H14BNS/c1-12-6-7-13-10(12)8-2-4-9(11)5-3-8/h2-5,10H,6-7,11H2,1H3. The third-order valence-electron chi connectivity index (χ3n) is 2.48. The Morgan fingerprint density at radius 3 is 2.62 bits per heavy atom. The molecule has 1 atom stereocenters. The highest BCUT2D eigenvalue weighted by Crippen LogP contribution is 2.35. The molecule has 68 valence electrons. The second kappa shape index (κ2) is 3.76. The van der Waals surface area contributed by atoms with E-state index in [-0.39, 0.29) is 0 Å². The summed E-state index contributed by atoms with van der Waals surface area (Å²) in [7, 11) is 4.33. The van der Waals surface area contributed by atoms with Crippen molar-refractivity contribution >= 4 is 25.1 Å². The summed E-state index contributed by atoms with van der Waals surface area (Å²) in [5, 5.41) is 0.584. The Labute approximate surface area is 84.9 Å². The molecule has 0 spiro atoms. The van der Waals surface area contributed by atoms with Crippen LogP contribution in [-0.4, -0.2) is 32.1 Å². The van der Waals surface area contributed by atoms with Gasteiger partial charge >= 0.3 is 0 Å². The third kappa shape index (κ3) is 1.92. The van der Waals surface area contributed by atoms with Crippen molar-refractivity contribution in [3.05, 3.63) is 29.8 Å². The maximum atomic E-state index is 2.41. The molecule has 1 unspecified atom stereocenters. The largest absolute Gasteiger partial charge is 0.290 e. The van der Waals surface area contributed by atoms with Gasteiger partial charge < -0.3 is 0 Å². The summed E-state index contributed by atoms with van der Waals surface area (Å²) in [6.07, 6.45) is 0. The highest BCUT2D eigenvalue weighted by molar-refractivity contribution is 7.99. The lowest BCUT2D eigenvalue weighted by Crippen LogP contribution is -2.17. The van der Waals surface area contributed by atoms with Gasteiger partial charge in [-0.1, -0.05) is 29.7 Å². The fourth-order valence-corrected chi connectivity index (χ4v) is 2.96. The highest BCUT2D eigenvalue weighted by atomic mass is 32.2. The van der Waals surface area contributed by atoms with Crippen molar-refractivity contribution in [2.75, 3.05) is 19.3 Å². The summed E-state index contributed by atoms with van der Waals surface area (Å²) in [6, 6.07) is 8.88. The molecule has 1 nitrogen and oxygen atoms in total. The van der Waals surface area contributed by atoms with Gasteiger partial charge in [-0.15, -0.1) is 11.8 Å². The van der Waals surface area contributed by atoms with E-state index in [9.17, 15) is 0 Å². The molecule has 0 amide bonds. The number of benzene rings is 1. The molecule has 1 heterocycles. The summed E-state index contributed by atoms with van der Waals surface area (Å²) < 4.78 is 0. The van der Waals surface area contributed by atoms with Crippen LogP contribution in [0, 0.1) is 0 Å². The van der Waals surface area contributed by atoms with Crippen LogP contribution in [0.2, 0.25) is 0 Å². The molecule has 0 radical (unpaired) electrons. The van der Waals surface area contributed by atoms with E-state index in [2.05, 4.69) is 44.1 Å². The Morgan fingerprint density at radius 1 is 1.38 bits per heavy atom. The van der Waals surface area contributed by atoms with Crippen LogP contribution >= 0.6 is 11.8 Å². The summed E-state index contributed by atoms with van der Waals surface area (Å²) >= 11 is 2.04. The second-order valence-electron chi connectivity index (χ2n) is 3.61. The van der Waals surface area contributed by atoms with Gasteiger partial charge in [0.15, 0.2) is 0 Å². The quantitative estimate of drug-likeness (QED) is 0.599. The van der Waals surface area contributed by atoms with E-state index in [1.165, 1.54) is 23.3 Å². The molecule has 0 aromatic heterocycles. The molecular formula is C10H14BNS. The number of hydrogen-bond donors (Lipinski definition) is 0. The summed E-state index contributed by atoms with van der Waals surface area (Å²) in [4.78, 5) is 2.41. The van der Waals surface area contributed by atoms with E-state index >= 15 is 0 Å². The van der Waals surface area contributed by atoms with Crippen molar-refractivity contribution in [3.8, 4) is 0 Å². The number of rotatable bonds is 1. The molecular weight excluding hydrogens is 177 g/mol. The average molecular weight is 191 g/mol. The molecule has 1 aliphatic heterocycles. The van der Waals surface area contributed by atoms with Gasteiger partial charge in [0.25, 0.3) is 0 Å². The third-order valence-corrected chi connectivity index (χ3v) is 3.85. The molecule has 2 rings (SSSR count). The van der Waals surface area contributed by atoms with Gasteiger partial charge in [-0.3, -0.25) is 4.90 Å². The van der Waals surface area contributed by atoms with Crippen molar-refractivity contribution in [1.29, 1.82) is 0 Å². The molecule has 1 saturated heterocycles. The van der Waals surface area contributed by atoms with Crippen molar-refractivity contribution in [2.24, 2.45) is 0 Å². The molecule has 1 aromatic rings. The molecule has 1 aliphatic rings. The molecule has 13 heavy (non-hydrogen) atoms. The van der Waals surface area contributed by atoms with Crippen LogP contribution in [-0.2, 0) is 0 Å². The van der Waals surface area contributed by atoms with Crippen LogP contribution in [0.5, 0.6) is 0 Å². The zero-order chi connectivity index (χ0) is 9.26. The zero-order valence-electron chi connectivity index (χ0n) is 8.16. The molecule has 3 heteroatoms. The minimum Gasteiger partial charge on any atom is -0.290 e. The van der Waals surface area contributed by atoms with E-state index in [0.717, 1.165) is 0 Å². The number of nitrogens with zero attached hydrogens (tertiary/aromatic N) is 1. The molecule has 0 N–H and O–H groups in total. The summed E-state index contributed by atoms with van der Waals surface area (Å²) in [6.45, 7) is 1.21. The van der Waals surface area contributed by atoms with E-state index in [1.807, 2.05) is 11.8 Å². The minimum absolute atomic E-state index is 0.584. The topological polar surface area (TPSA) is 3.24 Å². The Balaban J connectivity index is 2.20. The van der Waals surface area contributed by atoms with Crippen LogP contribution in [0.25, 0.3) is 0 Å². The normalized spacial score (nSPS) is 23.6. The lowest BCUT2D eigenvalue weighted by atomic mass is 9.95. The molecule has 1 fully saturated rings. The smallest absolute Gasteiger partial charge is 0.139 e. The summed E-state index contributed by atoms with van der Waals surface area (Å²) in [5.41, 5.74) is 2.78. The molecule has 0 aliphatic carbocycles. The van der Waals surface area contributed by atoms with E-state index in [0.29, 0.717) is 5.37 Å². The highest BCUT2D eigenvalue weighted by Gasteiger charge is 2.22. The van der Waals surface area contributed by atoms with Gasteiger partial charge in [0.1, 0.15) is 7.85 Å². The second-order valence-corrected chi connectivity index (χ2v) is 4.80. The first-order chi connectivity index (χ1) is 6.27. The molecule has 1 aromatic carbocycles. The van der Waals surface area contributed by atoms with Crippen LogP contribution in [0.3, 0.4) is 0 Å². The first-order valence-corrected chi connectivity index (χ1v) is 5.70. The van der Waals surface area contributed by atoms with Gasteiger partial charge in [0, 0.05) is 12.3 Å². The van der Waals surface area contributed by atoms with Gasteiger partial charge in [0.2, 0.25) is 0 Å². The van der Waals surface area contributed by atoms with Crippen molar-refractivity contribution in [3.63, 3.8) is 0 Å². The first kappa shape index (κ1) is 9.16. The Morgan fingerprint density at radius 2 is 2.08 bits per heavy atom. The van der Waals surface area contributed by atoms with Gasteiger partial charge in [-0.2, -0.15) is 0 Å². The maximum absolute atomic E-state index is 2.41. The Hall–Kier alpha value is -0.405. The average Bonchev–Trinajstić information content (AvgIpc) is 2.53. The minimum atomic E-state index is 0.584. The van der Waals surface area contributed by atoms with Crippen molar-refractivity contribution in [1.82, 2.24) is 4.90 Å². The number of hydrogen-bond acceptors (Lipinski definition) is 2. The Kier molecular flexibility index (Phi) is 2.65. The van der Waals surface area contributed by atoms with Gasteiger partial charge in [-0.05, 0) is 12.6 Å². The summed E-state index contributed by atoms with van der Waals surface area (Å²) in [5.74, 6) is 1.26. The first-order valence-electron chi connectivity index (χ1n) is 4.66. The van der Waals surface area contributed by atoms with Crippen LogP contribution in [0.15, 0.2) is 24.3 Å². The Bertz CT molecular complexity index is 285. The predicted octanol–water partition coefficient (Wildman–Crippen LogP) is 0.622.